The molecule has 1 nitrogen and oxygen atoms in total. The van der Waals surface area contributed by atoms with Crippen molar-refractivity contribution in [2.75, 3.05) is 26.7 Å². The number of benzene rings is 1. The van der Waals surface area contributed by atoms with Crippen LogP contribution in [-0.4, -0.2) is 31.2 Å². The van der Waals surface area contributed by atoms with Gasteiger partial charge in [-0.3, -0.25) is 0 Å². The molecular formula is C26H46BrN. The second-order valence-electron chi connectivity index (χ2n) is 12.3. The summed E-state index contributed by atoms with van der Waals surface area (Å²) in [7, 11) is 2.50. The Hall–Kier alpha value is -0.340. The molecule has 1 aliphatic rings. The number of quaternary nitrogens is 1. The largest absolute Gasteiger partial charge is 1.00 e. The van der Waals surface area contributed by atoms with Crippen molar-refractivity contribution in [3.63, 3.8) is 0 Å². The zero-order chi connectivity index (χ0) is 20.6. The zero-order valence-corrected chi connectivity index (χ0v) is 21.9. The van der Waals surface area contributed by atoms with Gasteiger partial charge in [0.1, 0.15) is 0 Å². The maximum atomic E-state index is 2.50. The molecule has 1 aromatic rings. The molecule has 28 heavy (non-hydrogen) atoms. The van der Waals surface area contributed by atoms with Crippen LogP contribution in [0.25, 0.3) is 0 Å². The zero-order valence-electron chi connectivity index (χ0n) is 20.3. The minimum absolute atomic E-state index is 0. The summed E-state index contributed by atoms with van der Waals surface area (Å²) in [6.45, 7) is 25.4. The third kappa shape index (κ3) is 6.87. The van der Waals surface area contributed by atoms with Crippen molar-refractivity contribution >= 4 is 0 Å². The summed E-state index contributed by atoms with van der Waals surface area (Å²) in [4.78, 5) is 0. The van der Waals surface area contributed by atoms with Gasteiger partial charge >= 0.3 is 0 Å². The van der Waals surface area contributed by atoms with Gasteiger partial charge in [0.2, 0.25) is 0 Å². The van der Waals surface area contributed by atoms with Crippen molar-refractivity contribution < 1.29 is 21.5 Å². The van der Waals surface area contributed by atoms with Gasteiger partial charge in [-0.2, -0.15) is 0 Å². The molecule has 0 N–H and O–H groups in total. The van der Waals surface area contributed by atoms with Crippen molar-refractivity contribution in [3.8, 4) is 0 Å². The highest BCUT2D eigenvalue weighted by molar-refractivity contribution is 5.30. The average Bonchev–Trinajstić information content (AvgIpc) is 2.79. The van der Waals surface area contributed by atoms with Crippen molar-refractivity contribution in [2.45, 2.75) is 80.1 Å². The monoisotopic (exact) mass is 451 g/mol. The van der Waals surface area contributed by atoms with Crippen molar-refractivity contribution in [3.05, 3.63) is 35.4 Å². The summed E-state index contributed by atoms with van der Waals surface area (Å²) in [5, 5.41) is 0. The van der Waals surface area contributed by atoms with Gasteiger partial charge in [-0.05, 0) is 34.3 Å². The molecule has 1 aromatic carbocycles. The van der Waals surface area contributed by atoms with Gasteiger partial charge in [0.15, 0.2) is 0 Å². The van der Waals surface area contributed by atoms with Gasteiger partial charge in [-0.1, -0.05) is 86.6 Å². The molecule has 1 heterocycles. The van der Waals surface area contributed by atoms with Gasteiger partial charge in [-0.25, -0.2) is 0 Å². The molecule has 0 bridgehead atoms. The Kier molecular flexibility index (Phi) is 8.45. The standard InChI is InChI=1S/C26H46N.BrH/c1-19(15-25(4,5)6)20(2)16-27(10)17-21(3)24(18-27)22-11-13-23(14-12-22)26(7,8)9;/h11-14,19-21,24H,15-18H2,1-10H3;1H/q+1;/p-1. The summed E-state index contributed by atoms with van der Waals surface area (Å²) < 4.78 is 1.24. The Bertz CT molecular complexity index is 607. The fourth-order valence-electron chi connectivity index (χ4n) is 5.41. The molecular weight excluding hydrogens is 406 g/mol. The van der Waals surface area contributed by atoms with Gasteiger partial charge in [0.05, 0.1) is 26.7 Å². The van der Waals surface area contributed by atoms with E-state index in [1.54, 1.807) is 5.56 Å². The van der Waals surface area contributed by atoms with E-state index in [-0.39, 0.29) is 22.4 Å². The van der Waals surface area contributed by atoms with Crippen molar-refractivity contribution in [1.82, 2.24) is 0 Å². The minimum Gasteiger partial charge on any atom is -1.00 e. The lowest BCUT2D eigenvalue weighted by Crippen LogP contribution is -3.00. The normalized spacial score (nSPS) is 27.9. The smallest absolute Gasteiger partial charge is 0.0859 e. The predicted octanol–water partition coefficient (Wildman–Crippen LogP) is 3.88. The predicted molar refractivity (Wildman–Crippen MR) is 120 cm³/mol. The number of likely N-dealkylation sites (N-methyl/N-ethyl adjacent to an activating group) is 1. The lowest BCUT2D eigenvalue weighted by atomic mass is 9.80. The number of nitrogens with zero attached hydrogens (tertiary/aromatic N) is 1. The Balaban J connectivity index is 0.00000392. The molecule has 0 saturated carbocycles. The Morgan fingerprint density at radius 2 is 1.46 bits per heavy atom. The van der Waals surface area contributed by atoms with E-state index < -0.39 is 0 Å². The molecule has 0 aliphatic carbocycles. The van der Waals surface area contributed by atoms with E-state index in [0.717, 1.165) is 17.8 Å². The maximum Gasteiger partial charge on any atom is 0.0859 e. The molecule has 5 atom stereocenters. The van der Waals surface area contributed by atoms with Crippen LogP contribution in [0.2, 0.25) is 0 Å². The highest BCUT2D eigenvalue weighted by atomic mass is 79.9. The summed E-state index contributed by atoms with van der Waals surface area (Å²) in [6.07, 6.45) is 1.32. The van der Waals surface area contributed by atoms with E-state index in [0.29, 0.717) is 11.3 Å². The fourth-order valence-corrected chi connectivity index (χ4v) is 5.41. The van der Waals surface area contributed by atoms with Gasteiger partial charge in [-0.15, -0.1) is 0 Å². The highest BCUT2D eigenvalue weighted by Crippen LogP contribution is 2.38. The van der Waals surface area contributed by atoms with E-state index in [9.17, 15) is 0 Å². The second kappa shape index (κ2) is 9.21. The molecule has 2 rings (SSSR count). The van der Waals surface area contributed by atoms with Crippen LogP contribution < -0.4 is 17.0 Å². The van der Waals surface area contributed by atoms with Gasteiger partial charge in [0, 0.05) is 17.8 Å². The Labute approximate surface area is 186 Å². The molecule has 0 aromatic heterocycles. The first-order valence-corrected chi connectivity index (χ1v) is 11.1. The van der Waals surface area contributed by atoms with E-state index in [1.165, 1.54) is 36.1 Å². The molecule has 1 aliphatic heterocycles. The summed E-state index contributed by atoms with van der Waals surface area (Å²) in [5.41, 5.74) is 3.66. The lowest BCUT2D eigenvalue weighted by Gasteiger charge is -2.36. The van der Waals surface area contributed by atoms with Gasteiger partial charge in [0.25, 0.3) is 0 Å². The molecule has 0 radical (unpaired) electrons. The van der Waals surface area contributed by atoms with E-state index in [4.69, 9.17) is 0 Å². The first-order chi connectivity index (χ1) is 12.2. The first-order valence-electron chi connectivity index (χ1n) is 11.1. The van der Waals surface area contributed by atoms with Crippen LogP contribution in [0.5, 0.6) is 0 Å². The second-order valence-corrected chi connectivity index (χ2v) is 12.3. The molecule has 1 fully saturated rings. The highest BCUT2D eigenvalue weighted by Gasteiger charge is 2.42. The van der Waals surface area contributed by atoms with Crippen LogP contribution in [0.15, 0.2) is 24.3 Å². The molecule has 0 spiro atoms. The van der Waals surface area contributed by atoms with Crippen LogP contribution in [0.4, 0.5) is 0 Å². The number of likely N-dealkylation sites (tertiary alicyclic amines) is 1. The minimum atomic E-state index is 0. The Morgan fingerprint density at radius 1 is 0.929 bits per heavy atom. The van der Waals surface area contributed by atoms with E-state index in [1.807, 2.05) is 0 Å². The number of hydrogen-bond donors (Lipinski definition) is 0. The SMILES string of the molecule is CC(CC(C)(C)C)C(C)C[N+]1(C)CC(C)C(c2ccc(C(C)(C)C)cc2)C1.[Br-]. The summed E-state index contributed by atoms with van der Waals surface area (Å²) >= 11 is 0. The topological polar surface area (TPSA) is 0 Å². The van der Waals surface area contributed by atoms with Crippen LogP contribution in [0.3, 0.4) is 0 Å². The summed E-state index contributed by atoms with van der Waals surface area (Å²) in [6, 6.07) is 9.53. The number of hydrogen-bond acceptors (Lipinski definition) is 0. The molecule has 0 amide bonds. The average molecular weight is 453 g/mol. The van der Waals surface area contributed by atoms with E-state index >= 15 is 0 Å². The van der Waals surface area contributed by atoms with Crippen molar-refractivity contribution in [1.29, 1.82) is 0 Å². The third-order valence-corrected chi connectivity index (χ3v) is 6.89. The van der Waals surface area contributed by atoms with Crippen LogP contribution >= 0.6 is 0 Å². The van der Waals surface area contributed by atoms with Crippen molar-refractivity contribution in [2.24, 2.45) is 23.2 Å². The van der Waals surface area contributed by atoms with Crippen LogP contribution in [-0.2, 0) is 5.41 Å². The fraction of sp³-hybridized carbons (Fsp3) is 0.769. The molecule has 2 heteroatoms. The van der Waals surface area contributed by atoms with E-state index in [2.05, 4.69) is 93.6 Å². The molecule has 5 unspecified atom stereocenters. The first kappa shape index (κ1) is 25.7. The number of rotatable bonds is 5. The molecule has 1 saturated heterocycles. The maximum absolute atomic E-state index is 2.50. The van der Waals surface area contributed by atoms with Gasteiger partial charge < -0.3 is 21.5 Å². The summed E-state index contributed by atoms with van der Waals surface area (Å²) in [5.74, 6) is 3.04. The van der Waals surface area contributed by atoms with Crippen LogP contribution in [0, 0.1) is 23.2 Å². The molecule has 162 valence electrons. The number of halogens is 1. The lowest BCUT2D eigenvalue weighted by molar-refractivity contribution is -0.903. The Morgan fingerprint density at radius 3 is 1.93 bits per heavy atom. The van der Waals surface area contributed by atoms with Crippen LogP contribution in [0.1, 0.15) is 85.8 Å². The quantitative estimate of drug-likeness (QED) is 0.595. The third-order valence-electron chi connectivity index (χ3n) is 6.89.